The van der Waals surface area contributed by atoms with E-state index in [-0.39, 0.29) is 0 Å². The maximum atomic E-state index is 12.0. The molecule has 0 aliphatic carbocycles. The molecule has 0 radical (unpaired) electrons. The van der Waals surface area contributed by atoms with Crippen LogP contribution in [0.3, 0.4) is 0 Å². The van der Waals surface area contributed by atoms with Gasteiger partial charge in [0, 0.05) is 25.9 Å². The van der Waals surface area contributed by atoms with E-state index in [4.69, 9.17) is 4.74 Å². The topological polar surface area (TPSA) is 70.7 Å². The zero-order valence-electron chi connectivity index (χ0n) is 15.4. The Morgan fingerprint density at radius 2 is 1.88 bits per heavy atom. The highest BCUT2D eigenvalue weighted by atomic mass is 16.5. The monoisotopic (exact) mass is 347 g/mol. The van der Waals surface area contributed by atoms with Crippen molar-refractivity contribution in [2.24, 2.45) is 5.92 Å². The van der Waals surface area contributed by atoms with E-state index in [0.29, 0.717) is 18.2 Å². The number of amides is 2. The average Bonchev–Trinajstić information content (AvgIpc) is 2.61. The van der Waals surface area contributed by atoms with Crippen LogP contribution < -0.4 is 10.6 Å². The molecular formula is C19H29N3O3. The Balaban J connectivity index is 1.71. The van der Waals surface area contributed by atoms with E-state index in [2.05, 4.69) is 15.5 Å². The van der Waals surface area contributed by atoms with Gasteiger partial charge < -0.3 is 20.3 Å². The standard InChI is InChI=1S/C19H29N3O3/c1-14-4-5-17(12-15(14)2)21-19(24)18(23)20-13-16-6-8-22(9-7-16)10-11-25-3/h4-5,12,16H,6-11,13H2,1-3H3,(H,20,23)(H,21,24). The van der Waals surface area contributed by atoms with Crippen LogP contribution in [0.2, 0.25) is 0 Å². The fourth-order valence-corrected chi connectivity index (χ4v) is 2.96. The van der Waals surface area contributed by atoms with Crippen LogP contribution in [0.1, 0.15) is 24.0 Å². The molecule has 0 atom stereocenters. The third-order valence-electron chi connectivity index (χ3n) is 4.84. The van der Waals surface area contributed by atoms with Crippen molar-refractivity contribution in [2.75, 3.05) is 45.2 Å². The van der Waals surface area contributed by atoms with E-state index < -0.39 is 11.8 Å². The van der Waals surface area contributed by atoms with Crippen LogP contribution >= 0.6 is 0 Å². The number of nitrogens with zero attached hydrogens (tertiary/aromatic N) is 1. The fourth-order valence-electron chi connectivity index (χ4n) is 2.96. The Labute approximate surface area is 149 Å². The first-order chi connectivity index (χ1) is 12.0. The number of hydrogen-bond acceptors (Lipinski definition) is 4. The van der Waals surface area contributed by atoms with Gasteiger partial charge in [0.15, 0.2) is 0 Å². The largest absolute Gasteiger partial charge is 0.383 e. The molecular weight excluding hydrogens is 318 g/mol. The van der Waals surface area contributed by atoms with Gasteiger partial charge in [-0.15, -0.1) is 0 Å². The molecule has 6 nitrogen and oxygen atoms in total. The van der Waals surface area contributed by atoms with Gasteiger partial charge in [-0.05, 0) is 69.0 Å². The van der Waals surface area contributed by atoms with Crippen molar-refractivity contribution in [1.82, 2.24) is 10.2 Å². The fraction of sp³-hybridized carbons (Fsp3) is 0.579. The molecule has 25 heavy (non-hydrogen) atoms. The molecule has 2 rings (SSSR count). The molecule has 2 amide bonds. The third-order valence-corrected chi connectivity index (χ3v) is 4.84. The van der Waals surface area contributed by atoms with Crippen LogP contribution in [0.5, 0.6) is 0 Å². The van der Waals surface area contributed by atoms with Gasteiger partial charge in [-0.1, -0.05) is 6.07 Å². The summed E-state index contributed by atoms with van der Waals surface area (Å²) in [5.41, 5.74) is 2.88. The van der Waals surface area contributed by atoms with Crippen LogP contribution in [0, 0.1) is 19.8 Å². The van der Waals surface area contributed by atoms with Crippen LogP contribution in [0.15, 0.2) is 18.2 Å². The van der Waals surface area contributed by atoms with Crippen LogP contribution in [-0.2, 0) is 14.3 Å². The molecule has 1 aliphatic heterocycles. The number of piperidine rings is 1. The lowest BCUT2D eigenvalue weighted by atomic mass is 9.97. The van der Waals surface area contributed by atoms with Gasteiger partial charge in [-0.2, -0.15) is 0 Å². The van der Waals surface area contributed by atoms with Crippen LogP contribution in [0.4, 0.5) is 5.69 Å². The number of benzene rings is 1. The van der Waals surface area contributed by atoms with Crippen LogP contribution in [-0.4, -0.2) is 56.6 Å². The van der Waals surface area contributed by atoms with Gasteiger partial charge in [0.25, 0.3) is 0 Å². The van der Waals surface area contributed by atoms with Crippen molar-refractivity contribution in [3.8, 4) is 0 Å². The summed E-state index contributed by atoms with van der Waals surface area (Å²) < 4.78 is 5.10. The minimum Gasteiger partial charge on any atom is -0.383 e. The zero-order chi connectivity index (χ0) is 18.2. The molecule has 0 aromatic heterocycles. The van der Waals surface area contributed by atoms with Gasteiger partial charge in [-0.3, -0.25) is 9.59 Å². The van der Waals surface area contributed by atoms with E-state index in [1.165, 1.54) is 0 Å². The van der Waals surface area contributed by atoms with E-state index in [9.17, 15) is 9.59 Å². The van der Waals surface area contributed by atoms with Crippen LogP contribution in [0.25, 0.3) is 0 Å². The minimum atomic E-state index is -0.610. The number of ether oxygens (including phenoxy) is 1. The highest BCUT2D eigenvalue weighted by Gasteiger charge is 2.21. The number of rotatable bonds is 6. The number of aryl methyl sites for hydroxylation is 2. The molecule has 138 valence electrons. The SMILES string of the molecule is COCCN1CCC(CNC(=O)C(=O)Nc2ccc(C)c(C)c2)CC1. The highest BCUT2D eigenvalue weighted by molar-refractivity contribution is 6.39. The van der Waals surface area contributed by atoms with Gasteiger partial charge in [0.2, 0.25) is 0 Å². The summed E-state index contributed by atoms with van der Waals surface area (Å²) in [6, 6.07) is 5.61. The van der Waals surface area contributed by atoms with Gasteiger partial charge >= 0.3 is 11.8 Å². The van der Waals surface area contributed by atoms with Crippen molar-refractivity contribution in [3.63, 3.8) is 0 Å². The van der Waals surface area contributed by atoms with Crippen molar-refractivity contribution in [2.45, 2.75) is 26.7 Å². The molecule has 0 spiro atoms. The predicted octanol–water partition coefficient (Wildman–Crippen LogP) is 1.72. The quantitative estimate of drug-likeness (QED) is 0.769. The number of carbonyl (C=O) groups is 2. The zero-order valence-corrected chi connectivity index (χ0v) is 15.4. The number of likely N-dealkylation sites (tertiary alicyclic amines) is 1. The highest BCUT2D eigenvalue weighted by Crippen LogP contribution is 2.16. The molecule has 1 aromatic rings. The number of nitrogens with one attached hydrogen (secondary N) is 2. The van der Waals surface area contributed by atoms with Gasteiger partial charge in [0.05, 0.1) is 6.61 Å². The first kappa shape index (κ1) is 19.4. The van der Waals surface area contributed by atoms with Gasteiger partial charge in [0.1, 0.15) is 0 Å². The summed E-state index contributed by atoms with van der Waals surface area (Å²) in [5, 5.41) is 5.42. The smallest absolute Gasteiger partial charge is 0.313 e. The first-order valence-corrected chi connectivity index (χ1v) is 8.87. The maximum Gasteiger partial charge on any atom is 0.313 e. The second-order valence-electron chi connectivity index (χ2n) is 6.74. The van der Waals surface area contributed by atoms with Crippen molar-refractivity contribution < 1.29 is 14.3 Å². The summed E-state index contributed by atoms with van der Waals surface area (Å²) in [6.45, 7) is 8.26. The summed E-state index contributed by atoms with van der Waals surface area (Å²) in [4.78, 5) is 26.4. The summed E-state index contributed by atoms with van der Waals surface area (Å²) >= 11 is 0. The Morgan fingerprint density at radius 3 is 2.52 bits per heavy atom. The number of hydrogen-bond donors (Lipinski definition) is 2. The van der Waals surface area contributed by atoms with Crippen molar-refractivity contribution in [3.05, 3.63) is 29.3 Å². The number of anilines is 1. The lowest BCUT2D eigenvalue weighted by Gasteiger charge is -2.31. The molecule has 0 bridgehead atoms. The van der Waals surface area contributed by atoms with E-state index >= 15 is 0 Å². The molecule has 1 aromatic carbocycles. The summed E-state index contributed by atoms with van der Waals surface area (Å²) in [7, 11) is 1.71. The average molecular weight is 347 g/mol. The van der Waals surface area contributed by atoms with E-state index in [1.807, 2.05) is 32.0 Å². The molecule has 1 saturated heterocycles. The molecule has 0 unspecified atom stereocenters. The third kappa shape index (κ3) is 6.14. The maximum absolute atomic E-state index is 12.0. The Kier molecular flexibility index (Phi) is 7.40. The predicted molar refractivity (Wildman–Crippen MR) is 98.6 cm³/mol. The van der Waals surface area contributed by atoms with E-state index in [1.54, 1.807) is 7.11 Å². The lowest BCUT2D eigenvalue weighted by Crippen LogP contribution is -2.42. The number of carbonyl (C=O) groups excluding carboxylic acids is 2. The Hall–Kier alpha value is -1.92. The second kappa shape index (κ2) is 9.53. The van der Waals surface area contributed by atoms with E-state index in [0.717, 1.165) is 50.2 Å². The molecule has 1 fully saturated rings. The first-order valence-electron chi connectivity index (χ1n) is 8.87. The molecule has 0 saturated carbocycles. The Morgan fingerprint density at radius 1 is 1.16 bits per heavy atom. The van der Waals surface area contributed by atoms with Gasteiger partial charge in [-0.25, -0.2) is 0 Å². The molecule has 1 heterocycles. The second-order valence-corrected chi connectivity index (χ2v) is 6.74. The minimum absolute atomic E-state index is 0.428. The summed E-state index contributed by atoms with van der Waals surface area (Å²) in [6.07, 6.45) is 2.06. The lowest BCUT2D eigenvalue weighted by molar-refractivity contribution is -0.136. The molecule has 2 N–H and O–H groups in total. The molecule has 6 heteroatoms. The van der Waals surface area contributed by atoms with Crippen molar-refractivity contribution in [1.29, 1.82) is 0 Å². The van der Waals surface area contributed by atoms with Crippen molar-refractivity contribution >= 4 is 17.5 Å². The Bertz CT molecular complexity index is 596. The normalized spacial score (nSPS) is 15.8. The number of methoxy groups -OCH3 is 1. The molecule has 1 aliphatic rings. The summed E-state index contributed by atoms with van der Waals surface area (Å²) in [5.74, 6) is -0.752.